The van der Waals surface area contributed by atoms with Gasteiger partial charge in [0, 0.05) is 6.08 Å². The van der Waals surface area contributed by atoms with Gasteiger partial charge in [0.05, 0.1) is 0 Å². The van der Waals surface area contributed by atoms with Gasteiger partial charge in [0.25, 0.3) is 0 Å². The largest absolute Gasteiger partial charge is 0.366 e. The molecule has 0 spiro atoms. The average molecular weight is 237 g/mol. The predicted octanol–water partition coefficient (Wildman–Crippen LogP) is 3.24. The van der Waals surface area contributed by atoms with Crippen LogP contribution in [-0.4, -0.2) is 5.91 Å². The van der Waals surface area contributed by atoms with E-state index in [9.17, 15) is 4.79 Å². The summed E-state index contributed by atoms with van der Waals surface area (Å²) in [6.07, 6.45) is 1.44. The number of nitrogens with two attached hydrogens (primary N) is 1. The van der Waals surface area contributed by atoms with Crippen LogP contribution in [0.4, 0.5) is 0 Å². The van der Waals surface area contributed by atoms with Crippen LogP contribution < -0.4 is 5.73 Å². The van der Waals surface area contributed by atoms with E-state index < -0.39 is 5.91 Å². The zero-order chi connectivity index (χ0) is 13.0. The van der Waals surface area contributed by atoms with Crippen LogP contribution in [0.15, 0.2) is 60.7 Å². The Labute approximate surface area is 107 Å². The van der Waals surface area contributed by atoms with Crippen molar-refractivity contribution >= 4 is 11.5 Å². The number of carbonyl (C=O) groups excluding carboxylic acids is 1. The summed E-state index contributed by atoms with van der Waals surface area (Å²) in [6, 6.07) is 18.3. The van der Waals surface area contributed by atoms with Crippen molar-refractivity contribution in [2.24, 2.45) is 5.73 Å². The first-order valence-electron chi connectivity index (χ1n) is 5.80. The molecule has 0 saturated heterocycles. The minimum Gasteiger partial charge on any atom is -0.366 e. The molecule has 0 heterocycles. The number of benzene rings is 2. The maximum Gasteiger partial charge on any atom is 0.241 e. The fraction of sp³-hybridized carbons (Fsp3) is 0.0625. The molecule has 2 heteroatoms. The van der Waals surface area contributed by atoms with Gasteiger partial charge in [0.15, 0.2) is 0 Å². The molecule has 2 N–H and O–H groups in total. The van der Waals surface area contributed by atoms with E-state index in [1.54, 1.807) is 0 Å². The summed E-state index contributed by atoms with van der Waals surface area (Å²) in [5, 5.41) is 0. The third-order valence-corrected chi connectivity index (χ3v) is 2.81. The molecule has 0 fully saturated rings. The molecule has 2 nitrogen and oxygen atoms in total. The third kappa shape index (κ3) is 2.86. The number of allylic oxidation sites excluding steroid dienone is 1. The normalized spacial score (nSPS) is 11.3. The summed E-state index contributed by atoms with van der Waals surface area (Å²) in [7, 11) is 0. The summed E-state index contributed by atoms with van der Waals surface area (Å²) >= 11 is 0. The van der Waals surface area contributed by atoms with Gasteiger partial charge in [-0.2, -0.15) is 0 Å². The monoisotopic (exact) mass is 237 g/mol. The molecular weight excluding hydrogens is 222 g/mol. The van der Waals surface area contributed by atoms with Gasteiger partial charge in [-0.3, -0.25) is 4.79 Å². The second-order valence-corrected chi connectivity index (χ2v) is 4.17. The van der Waals surface area contributed by atoms with Crippen molar-refractivity contribution < 1.29 is 4.79 Å². The molecule has 1 amide bonds. The molecule has 0 radical (unpaired) electrons. The fourth-order valence-electron chi connectivity index (χ4n) is 1.85. The number of rotatable bonds is 3. The second kappa shape index (κ2) is 5.32. The number of primary amides is 1. The molecule has 0 aromatic heterocycles. The highest BCUT2D eigenvalue weighted by Crippen LogP contribution is 2.21. The molecule has 2 aromatic carbocycles. The van der Waals surface area contributed by atoms with Crippen molar-refractivity contribution in [2.75, 3.05) is 0 Å². The molecule has 0 aliphatic rings. The van der Waals surface area contributed by atoms with Crippen LogP contribution in [0.1, 0.15) is 12.5 Å². The first-order valence-corrected chi connectivity index (χ1v) is 5.80. The predicted molar refractivity (Wildman–Crippen MR) is 74.7 cm³/mol. The van der Waals surface area contributed by atoms with E-state index >= 15 is 0 Å². The summed E-state index contributed by atoms with van der Waals surface area (Å²) in [6.45, 7) is 1.88. The standard InChI is InChI=1S/C16H15NO/c1-12(11-16(17)18)13-7-9-15(10-8-13)14-5-3-2-4-6-14/h2-11H,1H3,(H2,17,18)/b12-11+. The first kappa shape index (κ1) is 12.1. The Morgan fingerprint density at radius 3 is 2.06 bits per heavy atom. The van der Waals surface area contributed by atoms with Gasteiger partial charge in [0.1, 0.15) is 0 Å². The summed E-state index contributed by atoms with van der Waals surface area (Å²) in [4.78, 5) is 10.8. The summed E-state index contributed by atoms with van der Waals surface area (Å²) in [5.74, 6) is -0.417. The Balaban J connectivity index is 2.29. The lowest BCUT2D eigenvalue weighted by Gasteiger charge is -2.04. The van der Waals surface area contributed by atoms with Crippen molar-refractivity contribution in [1.82, 2.24) is 0 Å². The van der Waals surface area contributed by atoms with Gasteiger partial charge in [0.2, 0.25) is 5.91 Å². The lowest BCUT2D eigenvalue weighted by atomic mass is 10.0. The molecular formula is C16H15NO. The fourth-order valence-corrected chi connectivity index (χ4v) is 1.85. The van der Waals surface area contributed by atoms with E-state index in [0.29, 0.717) is 0 Å². The van der Waals surface area contributed by atoms with Crippen LogP contribution in [0.25, 0.3) is 16.7 Å². The van der Waals surface area contributed by atoms with Gasteiger partial charge in [-0.25, -0.2) is 0 Å². The number of carbonyl (C=O) groups is 1. The number of hydrogen-bond donors (Lipinski definition) is 1. The maximum absolute atomic E-state index is 10.8. The van der Waals surface area contributed by atoms with Crippen LogP contribution >= 0.6 is 0 Å². The van der Waals surface area contributed by atoms with E-state index in [1.165, 1.54) is 11.6 Å². The Bertz CT molecular complexity index is 568. The number of hydrogen-bond acceptors (Lipinski definition) is 1. The number of amides is 1. The van der Waals surface area contributed by atoms with E-state index in [2.05, 4.69) is 12.1 Å². The quantitative estimate of drug-likeness (QED) is 0.818. The Morgan fingerprint density at radius 2 is 1.50 bits per heavy atom. The minimum atomic E-state index is -0.417. The van der Waals surface area contributed by atoms with Crippen molar-refractivity contribution in [1.29, 1.82) is 0 Å². The molecule has 0 aliphatic heterocycles. The van der Waals surface area contributed by atoms with Crippen molar-refractivity contribution in [3.8, 4) is 11.1 Å². The Hall–Kier alpha value is -2.35. The van der Waals surface area contributed by atoms with Gasteiger partial charge in [-0.15, -0.1) is 0 Å². The maximum atomic E-state index is 10.8. The molecule has 0 unspecified atom stereocenters. The molecule has 0 bridgehead atoms. The highest BCUT2D eigenvalue weighted by molar-refractivity contribution is 5.93. The van der Waals surface area contributed by atoms with Crippen LogP contribution in [0.5, 0.6) is 0 Å². The molecule has 0 atom stereocenters. The van der Waals surface area contributed by atoms with E-state index in [0.717, 1.165) is 16.7 Å². The van der Waals surface area contributed by atoms with Gasteiger partial charge >= 0.3 is 0 Å². The molecule has 90 valence electrons. The Morgan fingerprint density at radius 1 is 0.944 bits per heavy atom. The minimum absolute atomic E-state index is 0.417. The van der Waals surface area contributed by atoms with Gasteiger partial charge < -0.3 is 5.73 Å². The molecule has 18 heavy (non-hydrogen) atoms. The lowest BCUT2D eigenvalue weighted by Crippen LogP contribution is -2.06. The van der Waals surface area contributed by atoms with E-state index in [1.807, 2.05) is 49.4 Å². The molecule has 2 rings (SSSR count). The molecule has 0 aliphatic carbocycles. The highest BCUT2D eigenvalue weighted by atomic mass is 16.1. The summed E-state index contributed by atoms with van der Waals surface area (Å²) in [5.41, 5.74) is 9.36. The highest BCUT2D eigenvalue weighted by Gasteiger charge is 1.99. The van der Waals surface area contributed by atoms with Crippen LogP contribution in [-0.2, 0) is 4.79 Å². The van der Waals surface area contributed by atoms with Crippen LogP contribution in [0, 0.1) is 0 Å². The first-order chi connectivity index (χ1) is 8.66. The second-order valence-electron chi connectivity index (χ2n) is 4.17. The van der Waals surface area contributed by atoms with Crippen molar-refractivity contribution in [3.63, 3.8) is 0 Å². The van der Waals surface area contributed by atoms with Crippen molar-refractivity contribution in [2.45, 2.75) is 6.92 Å². The van der Waals surface area contributed by atoms with Crippen LogP contribution in [0.3, 0.4) is 0 Å². The molecule has 2 aromatic rings. The van der Waals surface area contributed by atoms with E-state index in [4.69, 9.17) is 5.73 Å². The van der Waals surface area contributed by atoms with Gasteiger partial charge in [-0.05, 0) is 29.2 Å². The lowest BCUT2D eigenvalue weighted by molar-refractivity contribution is -0.113. The van der Waals surface area contributed by atoms with Gasteiger partial charge in [-0.1, -0.05) is 54.6 Å². The smallest absolute Gasteiger partial charge is 0.241 e. The van der Waals surface area contributed by atoms with Crippen molar-refractivity contribution in [3.05, 3.63) is 66.2 Å². The third-order valence-electron chi connectivity index (χ3n) is 2.81. The zero-order valence-corrected chi connectivity index (χ0v) is 10.3. The molecule has 0 saturated carbocycles. The zero-order valence-electron chi connectivity index (χ0n) is 10.3. The Kier molecular flexibility index (Phi) is 3.58. The summed E-state index contributed by atoms with van der Waals surface area (Å²) < 4.78 is 0. The topological polar surface area (TPSA) is 43.1 Å². The SMILES string of the molecule is C/C(=C\C(N)=O)c1ccc(-c2ccccc2)cc1. The average Bonchev–Trinajstić information content (AvgIpc) is 2.39. The van der Waals surface area contributed by atoms with Crippen LogP contribution in [0.2, 0.25) is 0 Å². The van der Waals surface area contributed by atoms with E-state index in [-0.39, 0.29) is 0 Å².